The van der Waals surface area contributed by atoms with Crippen LogP contribution in [-0.2, 0) is 0 Å². The van der Waals surface area contributed by atoms with Crippen LogP contribution in [0, 0.1) is 0 Å². The first kappa shape index (κ1) is 15.7. The lowest BCUT2D eigenvalue weighted by molar-refractivity contribution is 0.357. The molecule has 6 heteroatoms. The zero-order chi connectivity index (χ0) is 17.3. The van der Waals surface area contributed by atoms with Gasteiger partial charge >= 0.3 is 0 Å². The van der Waals surface area contributed by atoms with E-state index in [0.29, 0.717) is 17.1 Å². The Morgan fingerprint density at radius 3 is 2.29 bits per heavy atom. The van der Waals surface area contributed by atoms with Gasteiger partial charge in [0, 0.05) is 0 Å². The quantitative estimate of drug-likeness (QED) is 0.792. The zero-order valence-electron chi connectivity index (χ0n) is 13.5. The Hall–Kier alpha value is -3.15. The molecule has 3 aromatic rings. The Morgan fingerprint density at radius 1 is 0.917 bits per heavy atom. The minimum absolute atomic E-state index is 0.0390. The summed E-state index contributed by atoms with van der Waals surface area (Å²) >= 11 is 0. The number of methoxy groups -OCH3 is 3. The molecule has 1 N–H and O–H groups in total. The second kappa shape index (κ2) is 6.16. The van der Waals surface area contributed by atoms with Gasteiger partial charge in [-0.25, -0.2) is 0 Å². The first-order chi connectivity index (χ1) is 11.6. The molecule has 0 atom stereocenters. The van der Waals surface area contributed by atoms with Crippen LogP contribution in [0.5, 0.6) is 23.0 Å². The molecule has 0 aliphatic heterocycles. The van der Waals surface area contributed by atoms with E-state index in [9.17, 15) is 9.90 Å². The van der Waals surface area contributed by atoms with E-state index >= 15 is 0 Å². The van der Waals surface area contributed by atoms with Gasteiger partial charge in [0.25, 0.3) is 0 Å². The van der Waals surface area contributed by atoms with Crippen LogP contribution in [-0.4, -0.2) is 26.4 Å². The van der Waals surface area contributed by atoms with Crippen LogP contribution in [0.4, 0.5) is 0 Å². The van der Waals surface area contributed by atoms with Crippen molar-refractivity contribution in [2.45, 2.75) is 0 Å². The van der Waals surface area contributed by atoms with Gasteiger partial charge in [-0.2, -0.15) is 0 Å². The SMILES string of the molecule is COc1ccccc1-c1oc2ccc(OC)c(OC)c2c(=O)c1O. The molecule has 0 aliphatic rings. The largest absolute Gasteiger partial charge is 0.502 e. The molecule has 0 spiro atoms. The molecule has 0 saturated carbocycles. The average Bonchev–Trinajstić information content (AvgIpc) is 2.63. The zero-order valence-corrected chi connectivity index (χ0v) is 13.5. The maximum Gasteiger partial charge on any atom is 0.238 e. The molecule has 0 radical (unpaired) electrons. The van der Waals surface area contributed by atoms with E-state index in [1.165, 1.54) is 21.3 Å². The predicted octanol–water partition coefficient (Wildman–Crippen LogP) is 3.19. The van der Waals surface area contributed by atoms with E-state index in [4.69, 9.17) is 18.6 Å². The van der Waals surface area contributed by atoms with Crippen LogP contribution in [0.3, 0.4) is 0 Å². The summed E-state index contributed by atoms with van der Waals surface area (Å²) < 4.78 is 21.5. The lowest BCUT2D eigenvalue weighted by Crippen LogP contribution is -2.06. The smallest absolute Gasteiger partial charge is 0.238 e. The van der Waals surface area contributed by atoms with Crippen LogP contribution >= 0.6 is 0 Å². The molecular formula is C18H16O6. The number of hydrogen-bond donors (Lipinski definition) is 1. The Balaban J connectivity index is 2.38. The van der Waals surface area contributed by atoms with Gasteiger partial charge in [-0.3, -0.25) is 4.79 Å². The number of ether oxygens (including phenoxy) is 3. The lowest BCUT2D eigenvalue weighted by Gasteiger charge is -2.13. The van der Waals surface area contributed by atoms with Crippen molar-refractivity contribution in [1.82, 2.24) is 0 Å². The summed E-state index contributed by atoms with van der Waals surface area (Å²) in [5.74, 6) is 0.596. The Morgan fingerprint density at radius 2 is 1.62 bits per heavy atom. The molecule has 3 rings (SSSR count). The van der Waals surface area contributed by atoms with Gasteiger partial charge in [0.15, 0.2) is 17.3 Å². The molecule has 2 aromatic carbocycles. The van der Waals surface area contributed by atoms with Crippen molar-refractivity contribution in [3.05, 3.63) is 46.6 Å². The number of benzene rings is 2. The van der Waals surface area contributed by atoms with Gasteiger partial charge in [-0.15, -0.1) is 0 Å². The van der Waals surface area contributed by atoms with Crippen molar-refractivity contribution < 1.29 is 23.7 Å². The van der Waals surface area contributed by atoms with Crippen molar-refractivity contribution in [3.63, 3.8) is 0 Å². The maximum absolute atomic E-state index is 12.7. The van der Waals surface area contributed by atoms with Crippen LogP contribution in [0.25, 0.3) is 22.3 Å². The van der Waals surface area contributed by atoms with Crippen LogP contribution in [0.15, 0.2) is 45.6 Å². The molecular weight excluding hydrogens is 312 g/mol. The van der Waals surface area contributed by atoms with E-state index < -0.39 is 11.2 Å². The molecule has 0 bridgehead atoms. The first-order valence-corrected chi connectivity index (χ1v) is 7.16. The van der Waals surface area contributed by atoms with E-state index in [1.807, 2.05) is 0 Å². The molecule has 0 aliphatic carbocycles. The average molecular weight is 328 g/mol. The van der Waals surface area contributed by atoms with Crippen LogP contribution in [0.2, 0.25) is 0 Å². The Bertz CT molecular complexity index is 958. The fourth-order valence-corrected chi connectivity index (χ4v) is 2.60. The van der Waals surface area contributed by atoms with E-state index in [2.05, 4.69) is 0 Å². The molecule has 0 saturated heterocycles. The second-order valence-corrected chi connectivity index (χ2v) is 4.98. The number of hydrogen-bond acceptors (Lipinski definition) is 6. The van der Waals surface area contributed by atoms with Gasteiger partial charge in [0.2, 0.25) is 11.2 Å². The summed E-state index contributed by atoms with van der Waals surface area (Å²) in [7, 11) is 4.39. The van der Waals surface area contributed by atoms with Crippen molar-refractivity contribution >= 4 is 11.0 Å². The topological polar surface area (TPSA) is 78.1 Å². The third-order valence-corrected chi connectivity index (χ3v) is 3.73. The van der Waals surface area contributed by atoms with Crippen LogP contribution < -0.4 is 19.6 Å². The number of rotatable bonds is 4. The Labute approximate surface area is 137 Å². The number of fused-ring (bicyclic) bond motifs is 1. The Kier molecular flexibility index (Phi) is 4.04. The first-order valence-electron chi connectivity index (χ1n) is 7.16. The summed E-state index contributed by atoms with van der Waals surface area (Å²) in [6.07, 6.45) is 0. The molecule has 1 aromatic heterocycles. The second-order valence-electron chi connectivity index (χ2n) is 4.98. The van der Waals surface area contributed by atoms with Crippen LogP contribution in [0.1, 0.15) is 0 Å². The van der Waals surface area contributed by atoms with E-state index in [0.717, 1.165) is 0 Å². The minimum Gasteiger partial charge on any atom is -0.502 e. The van der Waals surface area contributed by atoms with Crippen molar-refractivity contribution in [2.75, 3.05) is 21.3 Å². The fraction of sp³-hybridized carbons (Fsp3) is 0.167. The highest BCUT2D eigenvalue weighted by Crippen LogP contribution is 2.40. The molecule has 0 fully saturated rings. The van der Waals surface area contributed by atoms with Gasteiger partial charge in [-0.05, 0) is 24.3 Å². The normalized spacial score (nSPS) is 10.6. The molecule has 6 nitrogen and oxygen atoms in total. The molecule has 1 heterocycles. The van der Waals surface area contributed by atoms with Crippen molar-refractivity contribution in [2.24, 2.45) is 0 Å². The summed E-state index contributed by atoms with van der Waals surface area (Å²) in [6, 6.07) is 10.2. The lowest BCUT2D eigenvalue weighted by atomic mass is 10.1. The monoisotopic (exact) mass is 328 g/mol. The molecule has 124 valence electrons. The van der Waals surface area contributed by atoms with Gasteiger partial charge in [0.05, 0.1) is 26.9 Å². The van der Waals surface area contributed by atoms with Gasteiger partial charge in [0.1, 0.15) is 16.7 Å². The summed E-state index contributed by atoms with van der Waals surface area (Å²) in [5.41, 5.74) is 0.149. The van der Waals surface area contributed by atoms with Gasteiger partial charge < -0.3 is 23.7 Å². The molecule has 0 unspecified atom stereocenters. The minimum atomic E-state index is -0.604. The standard InChI is InChI=1S/C18H16O6/c1-21-11-7-5-4-6-10(11)17-16(20)15(19)14-12(24-17)8-9-13(22-2)18(14)23-3/h4-9,20H,1-3H3. The summed E-state index contributed by atoms with van der Waals surface area (Å²) in [4.78, 5) is 12.7. The third kappa shape index (κ3) is 2.32. The van der Waals surface area contributed by atoms with E-state index in [-0.39, 0.29) is 22.5 Å². The molecule has 0 amide bonds. The number of aromatic hydroxyl groups is 1. The number of para-hydroxylation sites is 1. The fourth-order valence-electron chi connectivity index (χ4n) is 2.60. The third-order valence-electron chi connectivity index (χ3n) is 3.73. The highest BCUT2D eigenvalue weighted by molar-refractivity contribution is 5.90. The van der Waals surface area contributed by atoms with E-state index in [1.54, 1.807) is 36.4 Å². The van der Waals surface area contributed by atoms with Crippen molar-refractivity contribution in [3.8, 4) is 34.3 Å². The highest BCUT2D eigenvalue weighted by atomic mass is 16.5. The maximum atomic E-state index is 12.7. The van der Waals surface area contributed by atoms with Gasteiger partial charge in [-0.1, -0.05) is 12.1 Å². The van der Waals surface area contributed by atoms with Crippen molar-refractivity contribution in [1.29, 1.82) is 0 Å². The summed E-state index contributed by atoms with van der Waals surface area (Å²) in [5, 5.41) is 10.5. The highest BCUT2D eigenvalue weighted by Gasteiger charge is 2.22. The summed E-state index contributed by atoms with van der Waals surface area (Å²) in [6.45, 7) is 0. The predicted molar refractivity (Wildman–Crippen MR) is 89.2 cm³/mol. The molecule has 24 heavy (non-hydrogen) atoms.